The zero-order valence-electron chi connectivity index (χ0n) is 15.5. The van der Waals surface area contributed by atoms with Crippen LogP contribution in [-0.4, -0.2) is 41.5 Å². The first-order valence-corrected chi connectivity index (χ1v) is 9.49. The van der Waals surface area contributed by atoms with Gasteiger partial charge < -0.3 is 15.4 Å². The van der Waals surface area contributed by atoms with Crippen LogP contribution in [0.2, 0.25) is 0 Å². The van der Waals surface area contributed by atoms with Gasteiger partial charge in [-0.15, -0.1) is 5.10 Å². The number of hydrogen-bond acceptors (Lipinski definition) is 5. The summed E-state index contributed by atoms with van der Waals surface area (Å²) in [6, 6.07) is 2.12. The second-order valence-electron chi connectivity index (χ2n) is 7.53. The van der Waals surface area contributed by atoms with E-state index < -0.39 is 0 Å². The van der Waals surface area contributed by atoms with Crippen LogP contribution in [0.3, 0.4) is 0 Å². The highest BCUT2D eigenvalue weighted by molar-refractivity contribution is 6.11. The van der Waals surface area contributed by atoms with Crippen molar-refractivity contribution in [3.05, 3.63) is 29.3 Å². The standard InChI is InChI=1S/C19H23FN6O/c1-21-18-19(6-4-7-19)11-9-14(27-2)17(15(20)16(11)23-18)26-10-13(24-25-26)12-5-3-8-22-12/h9-10,12,22H,3-8H2,1-2H3,(H,21,23)/t12-/m0/s1. The van der Waals surface area contributed by atoms with Crippen molar-refractivity contribution in [2.45, 2.75) is 43.6 Å². The Morgan fingerprint density at radius 3 is 2.85 bits per heavy atom. The first-order chi connectivity index (χ1) is 13.2. The number of hydrogen-bond donors (Lipinski definition) is 2. The van der Waals surface area contributed by atoms with Gasteiger partial charge in [0, 0.05) is 7.05 Å². The van der Waals surface area contributed by atoms with Crippen LogP contribution in [0, 0.1) is 5.82 Å². The molecule has 142 valence electrons. The molecule has 1 atom stereocenters. The maximum atomic E-state index is 15.6. The Hall–Kier alpha value is -2.48. The van der Waals surface area contributed by atoms with E-state index in [0.717, 1.165) is 55.7 Å². The predicted molar refractivity (Wildman–Crippen MR) is 100 cm³/mol. The van der Waals surface area contributed by atoms with E-state index in [4.69, 9.17) is 4.74 Å². The highest BCUT2D eigenvalue weighted by atomic mass is 19.1. The van der Waals surface area contributed by atoms with E-state index in [1.807, 2.05) is 6.07 Å². The topological polar surface area (TPSA) is 76.4 Å². The lowest BCUT2D eigenvalue weighted by atomic mass is 9.65. The fourth-order valence-corrected chi connectivity index (χ4v) is 4.64. The molecule has 1 saturated heterocycles. The number of ether oxygens (including phenoxy) is 1. The molecule has 3 aliphatic rings. The molecule has 5 rings (SSSR count). The smallest absolute Gasteiger partial charge is 0.176 e. The summed E-state index contributed by atoms with van der Waals surface area (Å²) in [5, 5.41) is 15.0. The molecule has 1 spiro atoms. The van der Waals surface area contributed by atoms with Crippen LogP contribution in [0.4, 0.5) is 10.1 Å². The SMILES string of the molecule is CN=C1Nc2c(cc(OC)c(-n3cc([C@@H]4CCCN4)nn3)c2F)C12CCC2. The van der Waals surface area contributed by atoms with Gasteiger partial charge in [-0.2, -0.15) is 0 Å². The van der Waals surface area contributed by atoms with E-state index in [0.29, 0.717) is 11.4 Å². The minimum Gasteiger partial charge on any atom is -0.494 e. The lowest BCUT2D eigenvalue weighted by Crippen LogP contribution is -2.41. The Morgan fingerprint density at radius 1 is 1.37 bits per heavy atom. The Morgan fingerprint density at radius 2 is 2.22 bits per heavy atom. The number of anilines is 1. The third-order valence-corrected chi connectivity index (χ3v) is 6.23. The lowest BCUT2D eigenvalue weighted by molar-refractivity contribution is 0.343. The summed E-state index contributed by atoms with van der Waals surface area (Å²) < 4.78 is 22.7. The van der Waals surface area contributed by atoms with Gasteiger partial charge in [-0.05, 0) is 43.9 Å². The quantitative estimate of drug-likeness (QED) is 0.869. The van der Waals surface area contributed by atoms with Gasteiger partial charge in [0.2, 0.25) is 0 Å². The van der Waals surface area contributed by atoms with Crippen molar-refractivity contribution in [3.8, 4) is 11.4 Å². The van der Waals surface area contributed by atoms with Crippen molar-refractivity contribution < 1.29 is 9.13 Å². The second kappa shape index (κ2) is 6.02. The summed E-state index contributed by atoms with van der Waals surface area (Å²) in [4.78, 5) is 4.39. The van der Waals surface area contributed by atoms with Gasteiger partial charge in [0.25, 0.3) is 0 Å². The third-order valence-electron chi connectivity index (χ3n) is 6.23. The van der Waals surface area contributed by atoms with Gasteiger partial charge in [-0.3, -0.25) is 4.99 Å². The molecule has 27 heavy (non-hydrogen) atoms. The summed E-state index contributed by atoms with van der Waals surface area (Å²) in [5.74, 6) is 0.939. The molecule has 3 heterocycles. The van der Waals surface area contributed by atoms with E-state index in [2.05, 4.69) is 25.9 Å². The summed E-state index contributed by atoms with van der Waals surface area (Å²) in [6.45, 7) is 0.971. The molecule has 2 fully saturated rings. The highest BCUT2D eigenvalue weighted by Gasteiger charge is 2.50. The minimum absolute atomic E-state index is 0.178. The largest absolute Gasteiger partial charge is 0.494 e. The number of benzene rings is 1. The number of aromatic nitrogens is 3. The molecule has 2 aliphatic heterocycles. The van der Waals surface area contributed by atoms with Crippen LogP contribution >= 0.6 is 0 Å². The zero-order valence-corrected chi connectivity index (χ0v) is 15.5. The number of methoxy groups -OCH3 is 1. The van der Waals surface area contributed by atoms with Gasteiger partial charge >= 0.3 is 0 Å². The normalized spacial score (nSPS) is 24.1. The monoisotopic (exact) mass is 370 g/mol. The fourth-order valence-electron chi connectivity index (χ4n) is 4.64. The van der Waals surface area contributed by atoms with Gasteiger partial charge in [-0.1, -0.05) is 11.6 Å². The molecule has 0 radical (unpaired) electrons. The van der Waals surface area contributed by atoms with Crippen molar-refractivity contribution in [3.63, 3.8) is 0 Å². The molecular weight excluding hydrogens is 347 g/mol. The molecule has 7 nitrogen and oxygen atoms in total. The average Bonchev–Trinajstić information content (AvgIpc) is 3.37. The fraction of sp³-hybridized carbons (Fsp3) is 0.526. The first kappa shape index (κ1) is 16.7. The molecule has 8 heteroatoms. The van der Waals surface area contributed by atoms with Gasteiger partial charge in [-0.25, -0.2) is 9.07 Å². The lowest BCUT2D eigenvalue weighted by Gasteiger charge is -2.38. The van der Waals surface area contributed by atoms with Crippen LogP contribution in [0.5, 0.6) is 5.75 Å². The number of amidine groups is 1. The van der Waals surface area contributed by atoms with Gasteiger partial charge in [0.15, 0.2) is 5.82 Å². The van der Waals surface area contributed by atoms with E-state index in [1.165, 1.54) is 4.68 Å². The van der Waals surface area contributed by atoms with Crippen molar-refractivity contribution >= 4 is 11.5 Å². The number of rotatable bonds is 3. The van der Waals surface area contributed by atoms with E-state index in [9.17, 15) is 0 Å². The molecule has 0 bridgehead atoms. The third kappa shape index (κ3) is 2.25. The zero-order chi connectivity index (χ0) is 18.6. The maximum absolute atomic E-state index is 15.6. The minimum atomic E-state index is -0.370. The Balaban J connectivity index is 1.63. The molecule has 1 aromatic heterocycles. The van der Waals surface area contributed by atoms with Crippen LogP contribution in [0.15, 0.2) is 17.3 Å². The number of fused-ring (bicyclic) bond motifs is 2. The number of nitrogens with one attached hydrogen (secondary N) is 2. The average molecular weight is 370 g/mol. The molecular formula is C19H23FN6O. The summed E-state index contributed by atoms with van der Waals surface area (Å²) in [6.07, 6.45) is 6.98. The molecule has 2 N–H and O–H groups in total. The predicted octanol–water partition coefficient (Wildman–Crippen LogP) is 2.72. The van der Waals surface area contributed by atoms with E-state index >= 15 is 4.39 Å². The molecule has 1 saturated carbocycles. The van der Waals surface area contributed by atoms with Gasteiger partial charge in [0.1, 0.15) is 23.0 Å². The van der Waals surface area contributed by atoms with E-state index in [-0.39, 0.29) is 23.0 Å². The Bertz CT molecular complexity index is 927. The van der Waals surface area contributed by atoms with E-state index in [1.54, 1.807) is 20.4 Å². The maximum Gasteiger partial charge on any atom is 0.176 e. The molecule has 1 aliphatic carbocycles. The van der Waals surface area contributed by atoms with Crippen molar-refractivity contribution in [1.29, 1.82) is 0 Å². The van der Waals surface area contributed by atoms with Crippen LogP contribution < -0.4 is 15.4 Å². The van der Waals surface area contributed by atoms with Crippen molar-refractivity contribution in [1.82, 2.24) is 20.3 Å². The summed E-state index contributed by atoms with van der Waals surface area (Å²) >= 11 is 0. The Kier molecular flexibility index (Phi) is 3.72. The summed E-state index contributed by atoms with van der Waals surface area (Å²) in [5.41, 5.74) is 2.34. The molecule has 0 unspecified atom stereocenters. The van der Waals surface area contributed by atoms with Gasteiger partial charge in [0.05, 0.1) is 30.5 Å². The Labute approximate surface area is 157 Å². The first-order valence-electron chi connectivity index (χ1n) is 9.49. The van der Waals surface area contributed by atoms with Crippen LogP contribution in [0.25, 0.3) is 5.69 Å². The molecule has 1 aromatic carbocycles. The molecule has 2 aromatic rings. The van der Waals surface area contributed by atoms with Crippen LogP contribution in [0.1, 0.15) is 49.4 Å². The highest BCUT2D eigenvalue weighted by Crippen LogP contribution is 2.54. The van der Waals surface area contributed by atoms with Crippen LogP contribution in [-0.2, 0) is 5.41 Å². The van der Waals surface area contributed by atoms with Crippen molar-refractivity contribution in [2.24, 2.45) is 4.99 Å². The number of nitrogens with zero attached hydrogens (tertiary/aromatic N) is 4. The number of aliphatic imine (C=N–C) groups is 1. The number of halogens is 1. The second-order valence-corrected chi connectivity index (χ2v) is 7.53. The summed E-state index contributed by atoms with van der Waals surface area (Å²) in [7, 11) is 3.31. The molecule has 0 amide bonds. The van der Waals surface area contributed by atoms with Crippen molar-refractivity contribution in [2.75, 3.05) is 26.0 Å².